The first kappa shape index (κ1) is 17.1. The number of ether oxygens (including phenoxy) is 2. The number of rotatable bonds is 2. The van der Waals surface area contributed by atoms with Crippen molar-refractivity contribution in [2.45, 2.75) is 18.4 Å². The summed E-state index contributed by atoms with van der Waals surface area (Å²) in [6.07, 6.45) is 0.846. The zero-order valence-corrected chi connectivity index (χ0v) is 16.2. The average Bonchev–Trinajstić information content (AvgIpc) is 3.45. The van der Waals surface area contributed by atoms with Crippen molar-refractivity contribution in [2.24, 2.45) is 0 Å². The fourth-order valence-corrected chi connectivity index (χ4v) is 4.93. The Labute approximate surface area is 174 Å². The molecule has 0 bridgehead atoms. The van der Waals surface area contributed by atoms with Gasteiger partial charge in [-0.25, -0.2) is 0 Å². The van der Waals surface area contributed by atoms with Crippen LogP contribution in [0.4, 0.5) is 5.69 Å². The van der Waals surface area contributed by atoms with Gasteiger partial charge in [-0.1, -0.05) is 30.3 Å². The highest BCUT2D eigenvalue weighted by Gasteiger charge is 2.57. The van der Waals surface area contributed by atoms with Crippen LogP contribution in [0.15, 0.2) is 60.7 Å². The first-order valence-corrected chi connectivity index (χ1v) is 10.0. The van der Waals surface area contributed by atoms with E-state index in [1.54, 1.807) is 6.07 Å². The fraction of sp³-hybridized carbons (Fsp3) is 0.200. The van der Waals surface area contributed by atoms with Crippen molar-refractivity contribution >= 4 is 11.6 Å². The standard InChI is InChI=1S/C25H18N2O3/c26-13-16-4-3-5-17(10-16)14-27-21-7-2-1-6-19(21)25(24(27)28)15-30-23-12-22-18(8-9-29-22)11-20(23)25/h1-7,10-12H,8-9,14-15H2. The molecule has 30 heavy (non-hydrogen) atoms. The molecular weight excluding hydrogens is 376 g/mol. The maximum absolute atomic E-state index is 14.0. The Morgan fingerprint density at radius 2 is 1.90 bits per heavy atom. The Hall–Kier alpha value is -3.78. The molecule has 0 aromatic heterocycles. The molecule has 3 heterocycles. The van der Waals surface area contributed by atoms with Crippen LogP contribution in [0.3, 0.4) is 0 Å². The summed E-state index contributed by atoms with van der Waals surface area (Å²) in [4.78, 5) is 15.8. The van der Waals surface area contributed by atoms with E-state index in [1.165, 1.54) is 0 Å². The van der Waals surface area contributed by atoms with Crippen LogP contribution in [-0.4, -0.2) is 19.1 Å². The van der Waals surface area contributed by atoms with Crippen LogP contribution in [0.25, 0.3) is 0 Å². The molecule has 1 atom stereocenters. The molecule has 0 fully saturated rings. The van der Waals surface area contributed by atoms with Gasteiger partial charge >= 0.3 is 0 Å². The van der Waals surface area contributed by atoms with Gasteiger partial charge in [0.2, 0.25) is 5.91 Å². The van der Waals surface area contributed by atoms with Crippen LogP contribution in [0, 0.1) is 11.3 Å². The number of amides is 1. The van der Waals surface area contributed by atoms with E-state index < -0.39 is 5.41 Å². The minimum absolute atomic E-state index is 0.0173. The Morgan fingerprint density at radius 3 is 2.80 bits per heavy atom. The van der Waals surface area contributed by atoms with Gasteiger partial charge in [0.1, 0.15) is 23.5 Å². The van der Waals surface area contributed by atoms with Crippen LogP contribution in [0.5, 0.6) is 11.5 Å². The minimum atomic E-state index is -0.837. The zero-order valence-electron chi connectivity index (χ0n) is 16.2. The summed E-state index contributed by atoms with van der Waals surface area (Å²) in [5.41, 5.74) is 4.61. The molecule has 3 aromatic carbocycles. The van der Waals surface area contributed by atoms with Gasteiger partial charge in [0.15, 0.2) is 0 Å². The van der Waals surface area contributed by atoms with Gasteiger partial charge in [-0.05, 0) is 41.0 Å². The highest BCUT2D eigenvalue weighted by Crippen LogP contribution is 2.54. The van der Waals surface area contributed by atoms with E-state index in [4.69, 9.17) is 9.47 Å². The molecule has 5 heteroatoms. The third kappa shape index (κ3) is 2.19. The molecule has 0 aliphatic carbocycles. The second kappa shape index (κ2) is 6.11. The average molecular weight is 394 g/mol. The van der Waals surface area contributed by atoms with Crippen LogP contribution < -0.4 is 14.4 Å². The molecule has 0 saturated carbocycles. The number of fused-ring (bicyclic) bond motifs is 5. The Bertz CT molecular complexity index is 1260. The quantitative estimate of drug-likeness (QED) is 0.665. The highest BCUT2D eigenvalue weighted by molar-refractivity contribution is 6.11. The number of carbonyl (C=O) groups is 1. The van der Waals surface area contributed by atoms with Crippen molar-refractivity contribution in [1.82, 2.24) is 0 Å². The maximum atomic E-state index is 14.0. The van der Waals surface area contributed by atoms with Gasteiger partial charge in [-0.2, -0.15) is 5.26 Å². The zero-order chi connectivity index (χ0) is 20.3. The number of benzene rings is 3. The molecule has 0 saturated heterocycles. The molecule has 146 valence electrons. The molecule has 6 rings (SSSR count). The van der Waals surface area contributed by atoms with Gasteiger partial charge in [0, 0.05) is 23.7 Å². The van der Waals surface area contributed by atoms with Gasteiger partial charge in [0.25, 0.3) is 0 Å². The third-order valence-electron chi connectivity index (χ3n) is 6.36. The smallest absolute Gasteiger partial charge is 0.246 e. The van der Waals surface area contributed by atoms with E-state index in [1.807, 2.05) is 53.4 Å². The molecule has 3 aromatic rings. The summed E-state index contributed by atoms with van der Waals surface area (Å²) in [5, 5.41) is 9.23. The lowest BCUT2D eigenvalue weighted by Gasteiger charge is -2.23. The molecular formula is C25H18N2O3. The van der Waals surface area contributed by atoms with Crippen molar-refractivity contribution < 1.29 is 14.3 Å². The maximum Gasteiger partial charge on any atom is 0.246 e. The van der Waals surface area contributed by atoms with E-state index in [0.717, 1.165) is 45.9 Å². The number of para-hydroxylation sites is 1. The second-order valence-electron chi connectivity index (χ2n) is 7.97. The van der Waals surface area contributed by atoms with Crippen molar-refractivity contribution in [1.29, 1.82) is 5.26 Å². The SMILES string of the molecule is N#Cc1cccc(CN2C(=O)C3(COc4cc5c(cc43)CCO5)c3ccccc32)c1. The van der Waals surface area contributed by atoms with E-state index in [-0.39, 0.29) is 12.5 Å². The Balaban J connectivity index is 1.49. The number of hydrogen-bond donors (Lipinski definition) is 0. The highest BCUT2D eigenvalue weighted by atomic mass is 16.5. The molecule has 0 radical (unpaired) electrons. The first-order valence-electron chi connectivity index (χ1n) is 10.0. The van der Waals surface area contributed by atoms with E-state index >= 15 is 0 Å². The summed E-state index contributed by atoms with van der Waals surface area (Å²) in [6.45, 7) is 1.36. The summed E-state index contributed by atoms with van der Waals surface area (Å²) >= 11 is 0. The lowest BCUT2D eigenvalue weighted by Crippen LogP contribution is -2.42. The number of nitrogens with zero attached hydrogens (tertiary/aromatic N) is 2. The summed E-state index contributed by atoms with van der Waals surface area (Å²) in [7, 11) is 0. The predicted octanol–water partition coefficient (Wildman–Crippen LogP) is 3.72. The van der Waals surface area contributed by atoms with Gasteiger partial charge < -0.3 is 14.4 Å². The van der Waals surface area contributed by atoms with Crippen LogP contribution in [-0.2, 0) is 23.2 Å². The van der Waals surface area contributed by atoms with E-state index in [9.17, 15) is 10.1 Å². The second-order valence-corrected chi connectivity index (χ2v) is 7.97. The molecule has 0 N–H and O–H groups in total. The molecule has 3 aliphatic rings. The van der Waals surface area contributed by atoms with Crippen molar-refractivity contribution in [3.05, 3.63) is 88.5 Å². The summed E-state index contributed by atoms with van der Waals surface area (Å²) < 4.78 is 11.7. The number of anilines is 1. The van der Waals surface area contributed by atoms with Gasteiger partial charge in [0.05, 0.1) is 24.8 Å². The Morgan fingerprint density at radius 1 is 1.00 bits per heavy atom. The number of carbonyl (C=O) groups excluding carboxylic acids is 1. The fourth-order valence-electron chi connectivity index (χ4n) is 4.93. The number of nitriles is 1. The monoisotopic (exact) mass is 394 g/mol. The Kier molecular flexibility index (Phi) is 3.48. The topological polar surface area (TPSA) is 62.6 Å². The normalized spacial score (nSPS) is 20.4. The molecule has 3 aliphatic heterocycles. The van der Waals surface area contributed by atoms with Crippen LogP contribution in [0.2, 0.25) is 0 Å². The lowest BCUT2D eigenvalue weighted by molar-refractivity contribution is -0.122. The van der Waals surface area contributed by atoms with Gasteiger partial charge in [-0.3, -0.25) is 4.79 Å². The van der Waals surface area contributed by atoms with E-state index in [2.05, 4.69) is 12.1 Å². The predicted molar refractivity (Wildman–Crippen MR) is 111 cm³/mol. The first-order chi connectivity index (χ1) is 14.7. The van der Waals surface area contributed by atoms with Crippen molar-refractivity contribution in [3.63, 3.8) is 0 Å². The van der Waals surface area contributed by atoms with Crippen molar-refractivity contribution in [3.8, 4) is 17.6 Å². The summed E-state index contributed by atoms with van der Waals surface area (Å²) in [5.74, 6) is 1.60. The third-order valence-corrected chi connectivity index (χ3v) is 6.36. The molecule has 1 unspecified atom stereocenters. The lowest BCUT2D eigenvalue weighted by atomic mass is 9.76. The summed E-state index contributed by atoms with van der Waals surface area (Å²) in [6, 6.07) is 21.6. The molecule has 1 spiro atoms. The number of hydrogen-bond acceptors (Lipinski definition) is 4. The van der Waals surface area contributed by atoms with Crippen molar-refractivity contribution in [2.75, 3.05) is 18.1 Å². The minimum Gasteiger partial charge on any atom is -0.493 e. The van der Waals surface area contributed by atoms with Gasteiger partial charge in [-0.15, -0.1) is 0 Å². The largest absolute Gasteiger partial charge is 0.493 e. The van der Waals surface area contributed by atoms with Crippen LogP contribution in [0.1, 0.15) is 27.8 Å². The molecule has 5 nitrogen and oxygen atoms in total. The molecule has 1 amide bonds. The van der Waals surface area contributed by atoms with E-state index in [0.29, 0.717) is 18.7 Å². The van der Waals surface area contributed by atoms with Crippen LogP contribution >= 0.6 is 0 Å².